The van der Waals surface area contributed by atoms with Crippen LogP contribution in [-0.2, 0) is 4.74 Å². The van der Waals surface area contributed by atoms with Crippen LogP contribution in [0.15, 0.2) is 18.2 Å². The highest BCUT2D eigenvalue weighted by atomic mass is 16.6. The van der Waals surface area contributed by atoms with Crippen LogP contribution >= 0.6 is 0 Å². The van der Waals surface area contributed by atoms with Crippen LogP contribution < -0.4 is 10.6 Å². The van der Waals surface area contributed by atoms with Gasteiger partial charge in [0, 0.05) is 18.4 Å². The number of hydrogen-bond donors (Lipinski definition) is 1. The summed E-state index contributed by atoms with van der Waals surface area (Å²) >= 11 is 0. The number of benzene rings is 1. The Kier molecular flexibility index (Phi) is 3.66. The van der Waals surface area contributed by atoms with E-state index in [1.54, 1.807) is 19.2 Å². The fourth-order valence-electron chi connectivity index (χ4n) is 1.30. The first-order valence-corrected chi connectivity index (χ1v) is 5.53. The van der Waals surface area contributed by atoms with Crippen molar-refractivity contribution in [3.63, 3.8) is 0 Å². The van der Waals surface area contributed by atoms with Gasteiger partial charge in [-0.2, -0.15) is 0 Å². The van der Waals surface area contributed by atoms with Crippen LogP contribution in [0.25, 0.3) is 0 Å². The molecule has 0 heterocycles. The number of carbonyl (C=O) groups is 1. The second-order valence-corrected chi connectivity index (χ2v) is 5.08. The monoisotopic (exact) mass is 236 g/mol. The molecule has 2 N–H and O–H groups in total. The van der Waals surface area contributed by atoms with Crippen LogP contribution in [0.2, 0.25) is 0 Å². The minimum Gasteiger partial charge on any atom is -0.443 e. The predicted molar refractivity (Wildman–Crippen MR) is 70.2 cm³/mol. The minimum absolute atomic E-state index is 0.373. The van der Waals surface area contributed by atoms with Crippen molar-refractivity contribution >= 4 is 17.5 Å². The molecule has 0 saturated carbocycles. The molecule has 0 fully saturated rings. The number of nitrogens with zero attached hydrogens (tertiary/aromatic N) is 1. The first-order chi connectivity index (χ1) is 7.70. The van der Waals surface area contributed by atoms with Gasteiger partial charge in [0.25, 0.3) is 0 Å². The molecule has 0 unspecified atom stereocenters. The zero-order valence-electron chi connectivity index (χ0n) is 11.1. The summed E-state index contributed by atoms with van der Waals surface area (Å²) in [7, 11) is 1.68. The summed E-state index contributed by atoms with van der Waals surface area (Å²) in [6.45, 7) is 7.43. The molecule has 0 aromatic heterocycles. The number of nitrogens with two attached hydrogens (primary N) is 1. The SMILES string of the molecule is Cc1cc(N(C)C(=O)OC(C)(C)C)ccc1N. The van der Waals surface area contributed by atoms with Crippen molar-refractivity contribution in [3.05, 3.63) is 23.8 Å². The fourth-order valence-corrected chi connectivity index (χ4v) is 1.30. The second kappa shape index (κ2) is 4.65. The molecule has 0 spiro atoms. The van der Waals surface area contributed by atoms with Gasteiger partial charge in [0.2, 0.25) is 0 Å². The van der Waals surface area contributed by atoms with E-state index in [1.807, 2.05) is 33.8 Å². The Morgan fingerprint density at radius 2 is 1.94 bits per heavy atom. The summed E-state index contributed by atoms with van der Waals surface area (Å²) in [5, 5.41) is 0. The van der Waals surface area contributed by atoms with Gasteiger partial charge in [-0.3, -0.25) is 4.90 Å². The summed E-state index contributed by atoms with van der Waals surface area (Å²) in [4.78, 5) is 13.3. The standard InChI is InChI=1S/C13H20N2O2/c1-9-8-10(6-7-11(9)14)15(5)12(16)17-13(2,3)4/h6-8H,14H2,1-5H3. The highest BCUT2D eigenvalue weighted by Crippen LogP contribution is 2.21. The number of nitrogen functional groups attached to an aromatic ring is 1. The van der Waals surface area contributed by atoms with Crippen LogP contribution in [-0.4, -0.2) is 18.7 Å². The molecule has 1 rings (SSSR count). The van der Waals surface area contributed by atoms with Crippen LogP contribution in [0.3, 0.4) is 0 Å². The first-order valence-electron chi connectivity index (χ1n) is 5.53. The lowest BCUT2D eigenvalue weighted by atomic mass is 10.2. The fraction of sp³-hybridized carbons (Fsp3) is 0.462. The molecular formula is C13H20N2O2. The Bertz CT molecular complexity index is 422. The summed E-state index contributed by atoms with van der Waals surface area (Å²) in [6, 6.07) is 5.44. The number of ether oxygens (including phenoxy) is 1. The maximum atomic E-state index is 11.8. The highest BCUT2D eigenvalue weighted by molar-refractivity contribution is 5.87. The van der Waals surface area contributed by atoms with E-state index in [1.165, 1.54) is 4.90 Å². The number of amides is 1. The largest absolute Gasteiger partial charge is 0.443 e. The van der Waals surface area contributed by atoms with Crippen molar-refractivity contribution < 1.29 is 9.53 Å². The van der Waals surface area contributed by atoms with E-state index in [4.69, 9.17) is 10.5 Å². The van der Waals surface area contributed by atoms with Crippen molar-refractivity contribution in [1.29, 1.82) is 0 Å². The maximum Gasteiger partial charge on any atom is 0.414 e. The zero-order chi connectivity index (χ0) is 13.2. The number of rotatable bonds is 1. The van der Waals surface area contributed by atoms with Gasteiger partial charge in [-0.05, 0) is 51.5 Å². The molecule has 4 nitrogen and oxygen atoms in total. The van der Waals surface area contributed by atoms with Crippen molar-refractivity contribution in [3.8, 4) is 0 Å². The first kappa shape index (κ1) is 13.4. The Labute approximate surface area is 102 Å². The van der Waals surface area contributed by atoms with Crippen LogP contribution in [0.5, 0.6) is 0 Å². The van der Waals surface area contributed by atoms with Crippen molar-refractivity contribution in [2.24, 2.45) is 0 Å². The predicted octanol–water partition coefficient (Wildman–Crippen LogP) is 2.95. The van der Waals surface area contributed by atoms with E-state index in [-0.39, 0.29) is 6.09 Å². The number of aryl methyl sites for hydroxylation is 1. The van der Waals surface area contributed by atoms with Crippen molar-refractivity contribution in [1.82, 2.24) is 0 Å². The third-order valence-corrected chi connectivity index (χ3v) is 2.31. The van der Waals surface area contributed by atoms with Gasteiger partial charge in [-0.25, -0.2) is 4.79 Å². The molecular weight excluding hydrogens is 216 g/mol. The second-order valence-electron chi connectivity index (χ2n) is 5.08. The lowest BCUT2D eigenvalue weighted by molar-refractivity contribution is 0.0589. The van der Waals surface area contributed by atoms with Crippen molar-refractivity contribution in [2.45, 2.75) is 33.3 Å². The van der Waals surface area contributed by atoms with Gasteiger partial charge in [-0.15, -0.1) is 0 Å². The van der Waals surface area contributed by atoms with E-state index in [9.17, 15) is 4.79 Å². The topological polar surface area (TPSA) is 55.6 Å². The van der Waals surface area contributed by atoms with Gasteiger partial charge < -0.3 is 10.5 Å². The van der Waals surface area contributed by atoms with Gasteiger partial charge in [0.15, 0.2) is 0 Å². The van der Waals surface area contributed by atoms with Crippen LogP contribution in [0.1, 0.15) is 26.3 Å². The van der Waals surface area contributed by atoms with E-state index < -0.39 is 5.60 Å². The molecule has 1 aromatic carbocycles. The third kappa shape index (κ3) is 3.66. The van der Waals surface area contributed by atoms with Crippen LogP contribution in [0.4, 0.5) is 16.2 Å². The van der Waals surface area contributed by atoms with Crippen molar-refractivity contribution in [2.75, 3.05) is 17.7 Å². The van der Waals surface area contributed by atoms with E-state index in [2.05, 4.69) is 0 Å². The Balaban J connectivity index is 2.85. The van der Waals surface area contributed by atoms with Gasteiger partial charge in [-0.1, -0.05) is 0 Å². The number of carbonyl (C=O) groups excluding carboxylic acids is 1. The average molecular weight is 236 g/mol. The summed E-state index contributed by atoms with van der Waals surface area (Å²) in [5.41, 5.74) is 7.67. The summed E-state index contributed by atoms with van der Waals surface area (Å²) in [6.07, 6.45) is -0.373. The Morgan fingerprint density at radius 3 is 2.41 bits per heavy atom. The summed E-state index contributed by atoms with van der Waals surface area (Å²) < 4.78 is 5.28. The lowest BCUT2D eigenvalue weighted by Gasteiger charge is -2.25. The van der Waals surface area contributed by atoms with Gasteiger partial charge in [0.05, 0.1) is 0 Å². The van der Waals surface area contributed by atoms with E-state index in [0.29, 0.717) is 5.69 Å². The molecule has 0 aliphatic carbocycles. The molecule has 0 radical (unpaired) electrons. The number of anilines is 2. The van der Waals surface area contributed by atoms with Gasteiger partial charge in [0.1, 0.15) is 5.60 Å². The average Bonchev–Trinajstić information content (AvgIpc) is 2.18. The third-order valence-electron chi connectivity index (χ3n) is 2.31. The molecule has 0 aliphatic heterocycles. The molecule has 0 saturated heterocycles. The molecule has 17 heavy (non-hydrogen) atoms. The maximum absolute atomic E-state index is 11.8. The molecule has 94 valence electrons. The summed E-state index contributed by atoms with van der Waals surface area (Å²) in [5.74, 6) is 0. The molecule has 1 aromatic rings. The van der Waals surface area contributed by atoms with Gasteiger partial charge >= 0.3 is 6.09 Å². The smallest absolute Gasteiger partial charge is 0.414 e. The molecule has 1 amide bonds. The van der Waals surface area contributed by atoms with E-state index >= 15 is 0 Å². The molecule has 0 aliphatic rings. The quantitative estimate of drug-likeness (QED) is 0.763. The van der Waals surface area contributed by atoms with E-state index in [0.717, 1.165) is 11.3 Å². The Hall–Kier alpha value is -1.71. The molecule has 0 bridgehead atoms. The minimum atomic E-state index is -0.492. The highest BCUT2D eigenvalue weighted by Gasteiger charge is 2.20. The number of hydrogen-bond acceptors (Lipinski definition) is 3. The lowest BCUT2D eigenvalue weighted by Crippen LogP contribution is -2.34. The zero-order valence-corrected chi connectivity index (χ0v) is 11.1. The normalized spacial score (nSPS) is 11.1. The Morgan fingerprint density at radius 1 is 1.35 bits per heavy atom. The molecule has 0 atom stereocenters. The molecule has 4 heteroatoms. The van der Waals surface area contributed by atoms with Crippen LogP contribution in [0, 0.1) is 6.92 Å².